The van der Waals surface area contributed by atoms with E-state index in [-0.39, 0.29) is 11.5 Å². The molecule has 1 aliphatic rings. The zero-order chi connectivity index (χ0) is 22.9. The van der Waals surface area contributed by atoms with Crippen LogP contribution in [0.4, 0.5) is 0 Å². The number of benzene rings is 2. The van der Waals surface area contributed by atoms with Gasteiger partial charge in [0, 0.05) is 45.3 Å². The minimum absolute atomic E-state index is 0.145. The lowest BCUT2D eigenvalue weighted by Gasteiger charge is -2.29. The van der Waals surface area contributed by atoms with E-state index in [1.807, 2.05) is 61.0 Å². The minimum Gasteiger partial charge on any atom is -0.348 e. The molecular weight excluding hydrogens is 414 g/mol. The van der Waals surface area contributed by atoms with Crippen molar-refractivity contribution in [1.29, 1.82) is 0 Å². The number of amides is 1. The van der Waals surface area contributed by atoms with E-state index in [2.05, 4.69) is 27.4 Å². The lowest BCUT2D eigenvalue weighted by molar-refractivity contribution is 0.0952. The van der Waals surface area contributed by atoms with Crippen LogP contribution in [0.5, 0.6) is 0 Å². The molecule has 5 rings (SSSR count). The van der Waals surface area contributed by atoms with Crippen LogP contribution in [-0.2, 0) is 33.1 Å². The summed E-state index contributed by atoms with van der Waals surface area (Å²) >= 11 is 0. The Morgan fingerprint density at radius 3 is 2.64 bits per heavy atom. The summed E-state index contributed by atoms with van der Waals surface area (Å²) < 4.78 is 3.33. The Hall–Kier alpha value is -3.71. The van der Waals surface area contributed by atoms with E-state index in [4.69, 9.17) is 0 Å². The van der Waals surface area contributed by atoms with Crippen LogP contribution in [0.25, 0.3) is 5.65 Å². The lowest BCUT2D eigenvalue weighted by atomic mass is 10.1. The Morgan fingerprint density at radius 2 is 1.85 bits per heavy atom. The number of aromatic nitrogens is 3. The molecule has 1 amide bonds. The topological polar surface area (TPSA) is 71.6 Å². The van der Waals surface area contributed by atoms with Crippen molar-refractivity contribution in [3.8, 4) is 0 Å². The Balaban J connectivity index is 1.43. The average Bonchev–Trinajstić information content (AvgIpc) is 3.28. The molecule has 0 unspecified atom stereocenters. The van der Waals surface area contributed by atoms with Crippen molar-refractivity contribution in [3.63, 3.8) is 0 Å². The van der Waals surface area contributed by atoms with Crippen molar-refractivity contribution >= 4 is 11.6 Å². The predicted octanol–water partition coefficient (Wildman–Crippen LogP) is 2.83. The van der Waals surface area contributed by atoms with E-state index in [0.717, 1.165) is 41.9 Å². The maximum Gasteiger partial charge on any atom is 0.279 e. The number of nitrogens with zero attached hydrogens (tertiary/aromatic N) is 4. The van der Waals surface area contributed by atoms with Crippen LogP contribution < -0.4 is 10.9 Å². The molecular formula is C26H27N5O2. The van der Waals surface area contributed by atoms with Gasteiger partial charge in [-0.15, -0.1) is 0 Å². The number of aryl methyl sites for hydroxylation is 2. The maximum atomic E-state index is 13.3. The van der Waals surface area contributed by atoms with Crippen LogP contribution in [-0.4, -0.2) is 31.5 Å². The summed E-state index contributed by atoms with van der Waals surface area (Å²) in [7, 11) is 1.92. The minimum atomic E-state index is -0.232. The quantitative estimate of drug-likeness (QED) is 0.517. The first-order valence-electron chi connectivity index (χ1n) is 11.2. The number of carbonyl (C=O) groups excluding carboxylic acids is 1. The number of rotatable bonds is 5. The van der Waals surface area contributed by atoms with Gasteiger partial charge in [0.1, 0.15) is 5.56 Å². The van der Waals surface area contributed by atoms with Gasteiger partial charge >= 0.3 is 0 Å². The van der Waals surface area contributed by atoms with E-state index in [9.17, 15) is 9.59 Å². The highest BCUT2D eigenvalue weighted by Gasteiger charge is 2.26. The summed E-state index contributed by atoms with van der Waals surface area (Å²) in [5.41, 5.74) is 5.95. The van der Waals surface area contributed by atoms with Crippen molar-refractivity contribution in [2.45, 2.75) is 33.0 Å². The molecule has 1 N–H and O–H groups in total. The fourth-order valence-electron chi connectivity index (χ4n) is 4.65. The van der Waals surface area contributed by atoms with E-state index >= 15 is 0 Å². The van der Waals surface area contributed by atoms with Gasteiger partial charge in [0.15, 0.2) is 5.65 Å². The van der Waals surface area contributed by atoms with Crippen molar-refractivity contribution in [3.05, 3.63) is 105 Å². The predicted molar refractivity (Wildman–Crippen MR) is 127 cm³/mol. The number of hydrogen-bond donors (Lipinski definition) is 1. The third kappa shape index (κ3) is 3.96. The standard InChI is InChI=1S/C26H27N5O2/c1-18-8-6-7-11-20(18)14-27-24(32)21-15-28-31-25(21)29(2)23-12-13-30(17-22(23)26(31)33)16-19-9-4-3-5-10-19/h3-11,15H,12-14,16-17H2,1-2H3,(H,27,32). The van der Waals surface area contributed by atoms with Crippen LogP contribution in [0.15, 0.2) is 65.6 Å². The Labute approximate surface area is 192 Å². The summed E-state index contributed by atoms with van der Waals surface area (Å²) in [5, 5.41) is 7.27. The van der Waals surface area contributed by atoms with E-state index in [1.54, 1.807) is 0 Å². The maximum absolute atomic E-state index is 13.3. The number of hydrogen-bond acceptors (Lipinski definition) is 4. The molecule has 1 aliphatic heterocycles. The lowest BCUT2D eigenvalue weighted by Crippen LogP contribution is -2.38. The SMILES string of the molecule is Cc1ccccc1CNC(=O)c1cnn2c(=O)c3c(n(C)c12)CCN(Cc1ccccc1)C3. The van der Waals surface area contributed by atoms with Gasteiger partial charge in [-0.1, -0.05) is 54.6 Å². The molecule has 3 heterocycles. The molecule has 0 atom stereocenters. The highest BCUT2D eigenvalue weighted by Crippen LogP contribution is 2.21. The van der Waals surface area contributed by atoms with Crippen molar-refractivity contribution in [1.82, 2.24) is 24.4 Å². The van der Waals surface area contributed by atoms with Crippen LogP contribution in [0.3, 0.4) is 0 Å². The number of fused-ring (bicyclic) bond motifs is 2. The largest absolute Gasteiger partial charge is 0.348 e. The van der Waals surface area contributed by atoms with Crippen LogP contribution in [0.2, 0.25) is 0 Å². The molecule has 0 radical (unpaired) electrons. The first-order valence-corrected chi connectivity index (χ1v) is 11.2. The second kappa shape index (κ2) is 8.67. The zero-order valence-corrected chi connectivity index (χ0v) is 18.9. The summed E-state index contributed by atoms with van der Waals surface area (Å²) in [6.45, 7) is 4.67. The van der Waals surface area contributed by atoms with Gasteiger partial charge in [-0.05, 0) is 23.6 Å². The van der Waals surface area contributed by atoms with E-state index in [0.29, 0.717) is 24.3 Å². The molecule has 7 heteroatoms. The van der Waals surface area contributed by atoms with Crippen LogP contribution in [0, 0.1) is 6.92 Å². The van der Waals surface area contributed by atoms with Gasteiger partial charge in [-0.2, -0.15) is 9.61 Å². The molecule has 0 fully saturated rings. The second-order valence-electron chi connectivity index (χ2n) is 8.64. The Bertz CT molecular complexity index is 1390. The highest BCUT2D eigenvalue weighted by molar-refractivity contribution is 5.99. The third-order valence-corrected chi connectivity index (χ3v) is 6.51. The average molecular weight is 442 g/mol. The fraction of sp³-hybridized carbons (Fsp3) is 0.269. The second-order valence-corrected chi connectivity index (χ2v) is 8.64. The van der Waals surface area contributed by atoms with Crippen molar-refractivity contribution in [2.75, 3.05) is 6.54 Å². The molecule has 7 nitrogen and oxygen atoms in total. The molecule has 0 saturated heterocycles. The first-order chi connectivity index (χ1) is 16.0. The number of nitrogens with one attached hydrogen (secondary N) is 1. The zero-order valence-electron chi connectivity index (χ0n) is 18.9. The van der Waals surface area contributed by atoms with Gasteiger partial charge < -0.3 is 9.88 Å². The normalized spacial score (nSPS) is 13.8. The number of carbonyl (C=O) groups is 1. The molecule has 2 aromatic carbocycles. The van der Waals surface area contributed by atoms with E-state index < -0.39 is 0 Å². The summed E-state index contributed by atoms with van der Waals surface area (Å²) in [4.78, 5) is 28.6. The summed E-state index contributed by atoms with van der Waals surface area (Å²) in [6.07, 6.45) is 2.25. The van der Waals surface area contributed by atoms with Gasteiger partial charge in [-0.3, -0.25) is 14.5 Å². The van der Waals surface area contributed by atoms with Crippen LogP contribution in [0.1, 0.15) is 38.3 Å². The Morgan fingerprint density at radius 1 is 1.09 bits per heavy atom. The smallest absolute Gasteiger partial charge is 0.279 e. The monoisotopic (exact) mass is 441 g/mol. The summed E-state index contributed by atoms with van der Waals surface area (Å²) in [6, 6.07) is 18.2. The molecule has 168 valence electrons. The fourth-order valence-corrected chi connectivity index (χ4v) is 4.65. The van der Waals surface area contributed by atoms with Crippen molar-refractivity contribution < 1.29 is 4.79 Å². The first kappa shape index (κ1) is 21.2. The molecule has 0 bridgehead atoms. The van der Waals surface area contributed by atoms with E-state index in [1.165, 1.54) is 16.3 Å². The van der Waals surface area contributed by atoms with Crippen LogP contribution >= 0.6 is 0 Å². The molecule has 0 spiro atoms. The van der Waals surface area contributed by atoms with Crippen molar-refractivity contribution in [2.24, 2.45) is 7.05 Å². The summed E-state index contributed by atoms with van der Waals surface area (Å²) in [5.74, 6) is -0.232. The van der Waals surface area contributed by atoms with Gasteiger partial charge in [-0.25, -0.2) is 0 Å². The van der Waals surface area contributed by atoms with Gasteiger partial charge in [0.2, 0.25) is 0 Å². The molecule has 0 aliphatic carbocycles. The molecule has 2 aromatic heterocycles. The molecule has 33 heavy (non-hydrogen) atoms. The van der Waals surface area contributed by atoms with Gasteiger partial charge in [0.25, 0.3) is 11.5 Å². The highest BCUT2D eigenvalue weighted by atomic mass is 16.2. The molecule has 0 saturated carbocycles. The van der Waals surface area contributed by atoms with Gasteiger partial charge in [0.05, 0.1) is 11.8 Å². The molecule has 4 aromatic rings. The Kier molecular flexibility index (Phi) is 5.56. The third-order valence-electron chi connectivity index (χ3n) is 6.51.